The molecule has 0 aromatic heterocycles. The Kier molecular flexibility index (Phi) is 10.2. The van der Waals surface area contributed by atoms with E-state index in [1.54, 1.807) is 42.5 Å². The van der Waals surface area contributed by atoms with Crippen LogP contribution in [0.2, 0.25) is 10.0 Å². The van der Waals surface area contributed by atoms with Crippen LogP contribution in [0.15, 0.2) is 72.8 Å². The number of benzene rings is 3. The van der Waals surface area contributed by atoms with Gasteiger partial charge in [0.05, 0.1) is 17.2 Å². The highest BCUT2D eigenvalue weighted by molar-refractivity contribution is 7.80. The summed E-state index contributed by atoms with van der Waals surface area (Å²) < 4.78 is 11.3. The van der Waals surface area contributed by atoms with Crippen molar-refractivity contribution < 1.29 is 19.1 Å². The maximum absolute atomic E-state index is 12.6. The van der Waals surface area contributed by atoms with E-state index in [0.29, 0.717) is 40.1 Å². The molecule has 0 saturated carbocycles. The predicted molar refractivity (Wildman–Crippen MR) is 140 cm³/mol. The van der Waals surface area contributed by atoms with Crippen LogP contribution < -0.4 is 25.6 Å². The number of carbonyl (C=O) groups excluding carboxylic acids is 2. The summed E-state index contributed by atoms with van der Waals surface area (Å²) in [5.41, 5.74) is 6.29. The normalized spacial score (nSPS) is 10.2. The van der Waals surface area contributed by atoms with Crippen molar-refractivity contribution in [1.29, 1.82) is 0 Å². The highest BCUT2D eigenvalue weighted by Crippen LogP contribution is 2.27. The second kappa shape index (κ2) is 13.5. The van der Waals surface area contributed by atoms with Gasteiger partial charge >= 0.3 is 0 Å². The molecule has 0 radical (unpaired) electrons. The highest BCUT2D eigenvalue weighted by atomic mass is 35.5. The molecule has 182 valence electrons. The third kappa shape index (κ3) is 8.75. The van der Waals surface area contributed by atoms with E-state index in [-0.39, 0.29) is 24.0 Å². The van der Waals surface area contributed by atoms with Gasteiger partial charge in [0.25, 0.3) is 5.91 Å². The monoisotopic (exact) mass is 531 g/mol. The number of hydrogen-bond acceptors (Lipinski definition) is 5. The van der Waals surface area contributed by atoms with Gasteiger partial charge < -0.3 is 14.8 Å². The van der Waals surface area contributed by atoms with Crippen molar-refractivity contribution in [3.8, 4) is 11.5 Å². The molecule has 0 atom stereocenters. The first-order chi connectivity index (χ1) is 16.9. The molecule has 0 bridgehead atoms. The Balaban J connectivity index is 1.39. The molecule has 0 unspecified atom stereocenters. The molecule has 0 aliphatic heterocycles. The maximum Gasteiger partial charge on any atom is 0.273 e. The number of thiocarbonyl (C=S) groups is 1. The number of nitrogens with one attached hydrogen (secondary N) is 3. The second-order valence-electron chi connectivity index (χ2n) is 7.25. The molecule has 3 rings (SSSR count). The Morgan fingerprint density at radius 2 is 1.60 bits per heavy atom. The van der Waals surface area contributed by atoms with Crippen LogP contribution in [-0.4, -0.2) is 23.5 Å². The Labute approximate surface area is 218 Å². The summed E-state index contributed by atoms with van der Waals surface area (Å²) in [6.45, 7) is 0.604. The summed E-state index contributed by atoms with van der Waals surface area (Å²) in [7, 11) is 0. The lowest BCUT2D eigenvalue weighted by Crippen LogP contribution is -2.48. The summed E-state index contributed by atoms with van der Waals surface area (Å²) in [6, 6.07) is 21.4. The van der Waals surface area contributed by atoms with Gasteiger partial charge in [-0.3, -0.25) is 20.4 Å². The van der Waals surface area contributed by atoms with Crippen LogP contribution in [0.3, 0.4) is 0 Å². The molecule has 0 fully saturated rings. The van der Waals surface area contributed by atoms with Gasteiger partial charge in [0.2, 0.25) is 5.91 Å². The molecule has 3 aromatic carbocycles. The fourth-order valence-electron chi connectivity index (χ4n) is 2.92. The van der Waals surface area contributed by atoms with Crippen LogP contribution in [0.1, 0.15) is 28.8 Å². The summed E-state index contributed by atoms with van der Waals surface area (Å²) in [6.07, 6.45) is 0.600. The molecule has 0 heterocycles. The molecule has 7 nitrogen and oxygen atoms in total. The van der Waals surface area contributed by atoms with Gasteiger partial charge in [0.1, 0.15) is 18.1 Å². The molecular weight excluding hydrogens is 509 g/mol. The Morgan fingerprint density at radius 1 is 0.857 bits per heavy atom. The van der Waals surface area contributed by atoms with Gasteiger partial charge in [0, 0.05) is 11.4 Å². The van der Waals surface area contributed by atoms with Crippen LogP contribution in [0.5, 0.6) is 11.5 Å². The minimum atomic E-state index is -0.460. The number of ether oxygens (including phenoxy) is 2. The van der Waals surface area contributed by atoms with E-state index in [1.165, 1.54) is 0 Å². The van der Waals surface area contributed by atoms with Gasteiger partial charge in [0.15, 0.2) is 5.11 Å². The zero-order valence-electron chi connectivity index (χ0n) is 18.6. The average Bonchev–Trinajstić information content (AvgIpc) is 2.85. The van der Waals surface area contributed by atoms with Gasteiger partial charge in [-0.05, 0) is 54.5 Å². The zero-order valence-corrected chi connectivity index (χ0v) is 20.9. The number of hydrazine groups is 1. The third-order valence-corrected chi connectivity index (χ3v) is 5.35. The van der Waals surface area contributed by atoms with E-state index in [1.807, 2.05) is 30.3 Å². The number of carbonyl (C=O) groups is 2. The van der Waals surface area contributed by atoms with Crippen LogP contribution in [-0.2, 0) is 11.4 Å². The number of halogens is 2. The Morgan fingerprint density at radius 3 is 2.37 bits per heavy atom. The van der Waals surface area contributed by atoms with Crippen molar-refractivity contribution >= 4 is 52.3 Å². The first kappa shape index (κ1) is 26.3. The summed E-state index contributed by atoms with van der Waals surface area (Å²) in [5.74, 6) is 0.128. The summed E-state index contributed by atoms with van der Waals surface area (Å²) >= 11 is 17.0. The van der Waals surface area contributed by atoms with Gasteiger partial charge in [-0.1, -0.05) is 65.7 Å². The minimum Gasteiger partial charge on any atom is -0.492 e. The molecule has 2 amide bonds. The van der Waals surface area contributed by atoms with E-state index in [4.69, 9.17) is 44.9 Å². The van der Waals surface area contributed by atoms with Crippen molar-refractivity contribution in [3.05, 3.63) is 94.0 Å². The SMILES string of the molecule is O=C(CCCOc1ccc(Cl)cc1Cl)NC(=S)NNC(=O)c1ccccc1OCc1ccccc1. The highest BCUT2D eigenvalue weighted by Gasteiger charge is 2.13. The lowest BCUT2D eigenvalue weighted by molar-refractivity contribution is -0.119. The first-order valence-electron chi connectivity index (χ1n) is 10.7. The number of hydrogen-bond donors (Lipinski definition) is 3. The van der Waals surface area contributed by atoms with E-state index in [9.17, 15) is 9.59 Å². The van der Waals surface area contributed by atoms with E-state index in [2.05, 4.69) is 16.2 Å². The van der Waals surface area contributed by atoms with Gasteiger partial charge in [-0.2, -0.15) is 0 Å². The van der Waals surface area contributed by atoms with Crippen molar-refractivity contribution in [2.75, 3.05) is 6.61 Å². The average molecular weight is 532 g/mol. The van der Waals surface area contributed by atoms with Crippen molar-refractivity contribution in [1.82, 2.24) is 16.2 Å². The number of rotatable bonds is 9. The third-order valence-electron chi connectivity index (χ3n) is 4.61. The van der Waals surface area contributed by atoms with Crippen molar-refractivity contribution in [3.63, 3.8) is 0 Å². The van der Waals surface area contributed by atoms with Crippen LogP contribution in [0.25, 0.3) is 0 Å². The summed E-state index contributed by atoms with van der Waals surface area (Å²) in [5, 5.41) is 3.38. The quantitative estimate of drug-likeness (QED) is 0.203. The van der Waals surface area contributed by atoms with Crippen LogP contribution >= 0.6 is 35.4 Å². The summed E-state index contributed by atoms with van der Waals surface area (Å²) in [4.78, 5) is 24.7. The maximum atomic E-state index is 12.6. The van der Waals surface area contributed by atoms with Crippen LogP contribution in [0, 0.1) is 0 Å². The van der Waals surface area contributed by atoms with Crippen LogP contribution in [0.4, 0.5) is 0 Å². The molecule has 3 aromatic rings. The van der Waals surface area contributed by atoms with E-state index in [0.717, 1.165) is 5.56 Å². The van der Waals surface area contributed by atoms with Crippen molar-refractivity contribution in [2.45, 2.75) is 19.4 Å². The standard InChI is InChI=1S/C25H23Cl2N3O4S/c26-18-12-13-22(20(27)15-18)33-14-6-11-23(31)28-25(35)30-29-24(32)19-9-4-5-10-21(19)34-16-17-7-2-1-3-8-17/h1-5,7-10,12-13,15H,6,11,14,16H2,(H,29,32)(H2,28,30,31,35). The fraction of sp³-hybridized carbons (Fsp3) is 0.160. The molecule has 10 heteroatoms. The van der Waals surface area contributed by atoms with E-state index >= 15 is 0 Å². The molecule has 0 spiro atoms. The van der Waals surface area contributed by atoms with E-state index < -0.39 is 5.91 Å². The Hall–Kier alpha value is -3.33. The van der Waals surface area contributed by atoms with Gasteiger partial charge in [-0.25, -0.2) is 0 Å². The minimum absolute atomic E-state index is 0.0345. The molecule has 0 aliphatic rings. The number of amides is 2. The van der Waals surface area contributed by atoms with Gasteiger partial charge in [-0.15, -0.1) is 0 Å². The fourth-order valence-corrected chi connectivity index (χ4v) is 3.55. The lowest BCUT2D eigenvalue weighted by Gasteiger charge is -2.14. The molecule has 3 N–H and O–H groups in total. The first-order valence-corrected chi connectivity index (χ1v) is 11.8. The largest absolute Gasteiger partial charge is 0.492 e. The molecule has 0 aliphatic carbocycles. The topological polar surface area (TPSA) is 88.7 Å². The molecule has 0 saturated heterocycles. The number of para-hydroxylation sites is 1. The molecular formula is C25H23Cl2N3O4S. The predicted octanol–water partition coefficient (Wildman–Crippen LogP) is 5.07. The smallest absolute Gasteiger partial charge is 0.273 e. The zero-order chi connectivity index (χ0) is 25.0. The molecule has 35 heavy (non-hydrogen) atoms. The second-order valence-corrected chi connectivity index (χ2v) is 8.51. The van der Waals surface area contributed by atoms with Crippen molar-refractivity contribution in [2.24, 2.45) is 0 Å². The lowest BCUT2D eigenvalue weighted by atomic mass is 10.2. The Bertz CT molecular complexity index is 1180.